The molecule has 6 nitrogen and oxygen atoms in total. The molecule has 0 bridgehead atoms. The van der Waals surface area contributed by atoms with Crippen molar-refractivity contribution in [3.8, 4) is 22.9 Å². The van der Waals surface area contributed by atoms with E-state index in [1.165, 1.54) is 0 Å². The molecular weight excluding hydrogens is 270 g/mol. The Labute approximate surface area is 123 Å². The maximum atomic E-state index is 5.42. The van der Waals surface area contributed by atoms with Crippen LogP contribution in [0.15, 0.2) is 22.7 Å². The van der Waals surface area contributed by atoms with Crippen LogP contribution in [0.5, 0.6) is 11.5 Å². The summed E-state index contributed by atoms with van der Waals surface area (Å²) >= 11 is 0. The van der Waals surface area contributed by atoms with Crippen molar-refractivity contribution in [1.82, 2.24) is 15.5 Å². The molecule has 2 atom stereocenters. The topological polar surface area (TPSA) is 69.4 Å². The van der Waals surface area contributed by atoms with Gasteiger partial charge in [0.2, 0.25) is 11.7 Å². The predicted octanol–water partition coefficient (Wildman–Crippen LogP) is 2.42. The van der Waals surface area contributed by atoms with Crippen molar-refractivity contribution < 1.29 is 14.0 Å². The average molecular weight is 289 g/mol. The van der Waals surface area contributed by atoms with Crippen LogP contribution in [-0.2, 0) is 0 Å². The minimum absolute atomic E-state index is 0.138. The fraction of sp³-hybridized carbons (Fsp3) is 0.467. The van der Waals surface area contributed by atoms with E-state index in [2.05, 4.69) is 22.4 Å². The van der Waals surface area contributed by atoms with Gasteiger partial charge in [-0.05, 0) is 31.0 Å². The molecule has 0 saturated carbocycles. The fourth-order valence-electron chi connectivity index (χ4n) is 2.58. The Morgan fingerprint density at radius 1 is 1.19 bits per heavy atom. The third-order valence-corrected chi connectivity index (χ3v) is 3.85. The molecule has 0 amide bonds. The Balaban J connectivity index is 1.92. The SMILES string of the molecule is COc1cc(OC)cc(-c2noc(C3NCCC3C)n2)c1. The summed E-state index contributed by atoms with van der Waals surface area (Å²) in [5, 5.41) is 7.47. The van der Waals surface area contributed by atoms with Gasteiger partial charge in [-0.15, -0.1) is 0 Å². The second kappa shape index (κ2) is 5.73. The van der Waals surface area contributed by atoms with E-state index in [1.807, 2.05) is 18.2 Å². The van der Waals surface area contributed by atoms with Crippen LogP contribution in [0.2, 0.25) is 0 Å². The molecule has 1 fully saturated rings. The summed E-state index contributed by atoms with van der Waals surface area (Å²) in [4.78, 5) is 4.51. The van der Waals surface area contributed by atoms with Crippen molar-refractivity contribution in [3.05, 3.63) is 24.1 Å². The van der Waals surface area contributed by atoms with Crippen LogP contribution in [0.4, 0.5) is 0 Å². The number of nitrogens with zero attached hydrogens (tertiary/aromatic N) is 2. The molecule has 0 spiro atoms. The molecule has 112 valence electrons. The summed E-state index contributed by atoms with van der Waals surface area (Å²) in [6.45, 7) is 3.17. The van der Waals surface area contributed by atoms with E-state index >= 15 is 0 Å². The lowest BCUT2D eigenvalue weighted by Crippen LogP contribution is -2.16. The Bertz CT molecular complexity index is 604. The molecule has 2 unspecified atom stereocenters. The first-order valence-electron chi connectivity index (χ1n) is 7.01. The van der Waals surface area contributed by atoms with Gasteiger partial charge in [-0.3, -0.25) is 0 Å². The van der Waals surface area contributed by atoms with Gasteiger partial charge in [0, 0.05) is 11.6 Å². The van der Waals surface area contributed by atoms with E-state index in [-0.39, 0.29) is 6.04 Å². The number of hydrogen-bond acceptors (Lipinski definition) is 6. The van der Waals surface area contributed by atoms with Gasteiger partial charge in [0.05, 0.1) is 20.3 Å². The van der Waals surface area contributed by atoms with Crippen molar-refractivity contribution in [3.63, 3.8) is 0 Å². The van der Waals surface area contributed by atoms with E-state index in [0.29, 0.717) is 29.1 Å². The van der Waals surface area contributed by atoms with E-state index in [0.717, 1.165) is 18.5 Å². The van der Waals surface area contributed by atoms with Crippen molar-refractivity contribution in [2.75, 3.05) is 20.8 Å². The normalized spacial score (nSPS) is 21.5. The van der Waals surface area contributed by atoms with E-state index in [4.69, 9.17) is 14.0 Å². The monoisotopic (exact) mass is 289 g/mol. The van der Waals surface area contributed by atoms with Gasteiger partial charge in [-0.25, -0.2) is 0 Å². The Hall–Kier alpha value is -2.08. The van der Waals surface area contributed by atoms with Gasteiger partial charge in [-0.2, -0.15) is 4.98 Å². The third kappa shape index (κ3) is 2.71. The molecule has 3 rings (SSSR count). The summed E-state index contributed by atoms with van der Waals surface area (Å²) in [5.41, 5.74) is 0.812. The van der Waals surface area contributed by atoms with E-state index < -0.39 is 0 Å². The molecule has 2 aromatic rings. The molecule has 2 heterocycles. The first kappa shape index (κ1) is 13.9. The number of nitrogens with one attached hydrogen (secondary N) is 1. The number of methoxy groups -OCH3 is 2. The highest BCUT2D eigenvalue weighted by Crippen LogP contribution is 2.31. The predicted molar refractivity (Wildman–Crippen MR) is 77.4 cm³/mol. The highest BCUT2D eigenvalue weighted by Gasteiger charge is 2.29. The molecule has 1 saturated heterocycles. The smallest absolute Gasteiger partial charge is 0.244 e. The van der Waals surface area contributed by atoms with Crippen molar-refractivity contribution in [1.29, 1.82) is 0 Å². The Morgan fingerprint density at radius 3 is 2.48 bits per heavy atom. The lowest BCUT2D eigenvalue weighted by molar-refractivity contribution is 0.319. The first-order chi connectivity index (χ1) is 10.2. The number of rotatable bonds is 4. The summed E-state index contributed by atoms with van der Waals surface area (Å²) < 4.78 is 15.9. The van der Waals surface area contributed by atoms with Crippen LogP contribution in [0.1, 0.15) is 25.3 Å². The maximum Gasteiger partial charge on any atom is 0.244 e. The zero-order valence-electron chi connectivity index (χ0n) is 12.4. The highest BCUT2D eigenvalue weighted by molar-refractivity contribution is 5.60. The second-order valence-corrected chi connectivity index (χ2v) is 5.26. The standard InChI is InChI=1S/C15H19N3O3/c1-9-4-5-16-13(9)15-17-14(18-21-15)10-6-11(19-2)8-12(7-10)20-3/h6-9,13,16H,4-5H2,1-3H3. The Kier molecular flexibility index (Phi) is 3.79. The Morgan fingerprint density at radius 2 is 1.90 bits per heavy atom. The zero-order valence-corrected chi connectivity index (χ0v) is 12.4. The zero-order chi connectivity index (χ0) is 14.8. The summed E-state index contributed by atoms with van der Waals surface area (Å²) in [5.74, 6) is 3.07. The van der Waals surface area contributed by atoms with Crippen LogP contribution in [0.25, 0.3) is 11.4 Å². The van der Waals surface area contributed by atoms with Crippen LogP contribution >= 0.6 is 0 Å². The van der Waals surface area contributed by atoms with Gasteiger partial charge in [0.25, 0.3) is 0 Å². The molecule has 1 aliphatic rings. The van der Waals surface area contributed by atoms with Gasteiger partial charge in [-0.1, -0.05) is 12.1 Å². The highest BCUT2D eigenvalue weighted by atomic mass is 16.5. The number of benzene rings is 1. The van der Waals surface area contributed by atoms with Crippen molar-refractivity contribution in [2.45, 2.75) is 19.4 Å². The largest absolute Gasteiger partial charge is 0.497 e. The minimum Gasteiger partial charge on any atom is -0.497 e. The molecule has 0 radical (unpaired) electrons. The molecular formula is C15H19N3O3. The summed E-state index contributed by atoms with van der Waals surface area (Å²) in [6.07, 6.45) is 1.12. The third-order valence-electron chi connectivity index (χ3n) is 3.85. The maximum absolute atomic E-state index is 5.42. The lowest BCUT2D eigenvalue weighted by Gasteiger charge is -2.09. The van der Waals surface area contributed by atoms with Crippen molar-refractivity contribution >= 4 is 0 Å². The number of aromatic nitrogens is 2. The quantitative estimate of drug-likeness (QED) is 0.932. The van der Waals surface area contributed by atoms with Crippen LogP contribution < -0.4 is 14.8 Å². The fourth-order valence-corrected chi connectivity index (χ4v) is 2.58. The molecule has 1 aromatic carbocycles. The molecule has 21 heavy (non-hydrogen) atoms. The van der Waals surface area contributed by atoms with Crippen molar-refractivity contribution in [2.24, 2.45) is 5.92 Å². The molecule has 1 aromatic heterocycles. The van der Waals surface area contributed by atoms with Gasteiger partial charge in [0.15, 0.2) is 0 Å². The van der Waals surface area contributed by atoms with Crippen LogP contribution in [0, 0.1) is 5.92 Å². The molecule has 0 aliphatic carbocycles. The number of ether oxygens (including phenoxy) is 2. The summed E-state index contributed by atoms with van der Waals surface area (Å²) in [6, 6.07) is 5.68. The van der Waals surface area contributed by atoms with Gasteiger partial charge >= 0.3 is 0 Å². The summed E-state index contributed by atoms with van der Waals surface area (Å²) in [7, 11) is 3.23. The average Bonchev–Trinajstić information content (AvgIpc) is 3.15. The van der Waals surface area contributed by atoms with Gasteiger partial charge < -0.3 is 19.3 Å². The molecule has 6 heteroatoms. The first-order valence-corrected chi connectivity index (χ1v) is 7.01. The van der Waals surface area contributed by atoms with Crippen LogP contribution in [-0.4, -0.2) is 30.9 Å². The van der Waals surface area contributed by atoms with E-state index in [9.17, 15) is 0 Å². The second-order valence-electron chi connectivity index (χ2n) is 5.26. The van der Waals surface area contributed by atoms with E-state index in [1.54, 1.807) is 14.2 Å². The van der Waals surface area contributed by atoms with Crippen LogP contribution in [0.3, 0.4) is 0 Å². The lowest BCUT2D eigenvalue weighted by atomic mass is 10.0. The molecule has 1 aliphatic heterocycles. The molecule has 1 N–H and O–H groups in total. The van der Waals surface area contributed by atoms with Gasteiger partial charge in [0.1, 0.15) is 11.5 Å². The number of hydrogen-bond donors (Lipinski definition) is 1. The minimum atomic E-state index is 0.138.